The first-order chi connectivity index (χ1) is 12.8. The molecule has 1 aliphatic carbocycles. The van der Waals surface area contributed by atoms with Crippen LogP contribution in [-0.2, 0) is 4.74 Å². The Kier molecular flexibility index (Phi) is 10.9. The number of halogens is 1. The maximum Gasteiger partial charge on any atom is 0.410 e. The number of carbonyl (C=O) groups is 1. The minimum absolute atomic E-state index is 0. The summed E-state index contributed by atoms with van der Waals surface area (Å²) in [5, 5.41) is 16.5. The molecule has 0 bridgehead atoms. The first kappa shape index (κ1) is 25.3. The van der Waals surface area contributed by atoms with Crippen LogP contribution in [-0.4, -0.2) is 66.0 Å². The molecule has 1 saturated heterocycles. The molecule has 3 N–H and O–H groups in total. The van der Waals surface area contributed by atoms with Gasteiger partial charge in [-0.15, -0.1) is 24.0 Å². The quantitative estimate of drug-likeness (QED) is 0.308. The Labute approximate surface area is 187 Å². The second-order valence-electron chi connectivity index (χ2n) is 8.78. The van der Waals surface area contributed by atoms with E-state index >= 15 is 0 Å². The third kappa shape index (κ3) is 9.15. The van der Waals surface area contributed by atoms with Gasteiger partial charge in [-0.1, -0.05) is 0 Å². The molecule has 1 saturated carbocycles. The topological polar surface area (TPSA) is 86.2 Å². The summed E-state index contributed by atoms with van der Waals surface area (Å²) in [6, 6.07) is 0.389. The Bertz CT molecular complexity index is 494. The number of hydrogen-bond donors (Lipinski definition) is 3. The van der Waals surface area contributed by atoms with Gasteiger partial charge >= 0.3 is 6.09 Å². The number of nitrogens with one attached hydrogen (secondary N) is 2. The van der Waals surface area contributed by atoms with Crippen LogP contribution in [0.5, 0.6) is 0 Å². The summed E-state index contributed by atoms with van der Waals surface area (Å²) in [6.45, 7) is 10.8. The molecule has 1 amide bonds. The second-order valence-corrected chi connectivity index (χ2v) is 8.78. The van der Waals surface area contributed by atoms with Gasteiger partial charge in [-0.25, -0.2) is 4.79 Å². The molecule has 164 valence electrons. The van der Waals surface area contributed by atoms with Gasteiger partial charge in [0.15, 0.2) is 5.96 Å². The molecule has 0 spiro atoms. The maximum atomic E-state index is 12.2. The summed E-state index contributed by atoms with van der Waals surface area (Å²) in [5.74, 6) is 1.36. The molecular weight excluding hydrogens is 471 g/mol. The summed E-state index contributed by atoms with van der Waals surface area (Å²) in [4.78, 5) is 18.7. The van der Waals surface area contributed by atoms with Crippen molar-refractivity contribution in [1.29, 1.82) is 0 Å². The molecule has 0 aromatic rings. The molecule has 1 aliphatic heterocycles. The van der Waals surface area contributed by atoms with Crippen molar-refractivity contribution in [3.05, 3.63) is 0 Å². The van der Waals surface area contributed by atoms with Crippen LogP contribution in [0.3, 0.4) is 0 Å². The summed E-state index contributed by atoms with van der Waals surface area (Å²) in [5.41, 5.74) is -0.445. The van der Waals surface area contributed by atoms with Gasteiger partial charge in [-0.3, -0.25) is 4.99 Å². The summed E-state index contributed by atoms with van der Waals surface area (Å²) in [7, 11) is 0. The fourth-order valence-corrected chi connectivity index (χ4v) is 3.58. The molecule has 0 aromatic carbocycles. The number of guanidine groups is 1. The third-order valence-corrected chi connectivity index (χ3v) is 5.16. The van der Waals surface area contributed by atoms with E-state index in [4.69, 9.17) is 9.73 Å². The van der Waals surface area contributed by atoms with Gasteiger partial charge in [-0.05, 0) is 72.1 Å². The van der Waals surface area contributed by atoms with Crippen LogP contribution in [0.2, 0.25) is 0 Å². The summed E-state index contributed by atoms with van der Waals surface area (Å²) >= 11 is 0. The van der Waals surface area contributed by atoms with Gasteiger partial charge in [0, 0.05) is 32.2 Å². The average Bonchev–Trinajstić information content (AvgIpc) is 2.61. The van der Waals surface area contributed by atoms with Crippen molar-refractivity contribution in [2.45, 2.75) is 84.0 Å². The van der Waals surface area contributed by atoms with Crippen LogP contribution in [0, 0.1) is 5.92 Å². The Morgan fingerprint density at radius 1 is 1.14 bits per heavy atom. The summed E-state index contributed by atoms with van der Waals surface area (Å²) in [6.07, 6.45) is 5.26. The van der Waals surface area contributed by atoms with Crippen molar-refractivity contribution in [1.82, 2.24) is 15.5 Å². The molecule has 0 unspecified atom stereocenters. The van der Waals surface area contributed by atoms with Gasteiger partial charge in [0.05, 0.1) is 6.10 Å². The van der Waals surface area contributed by atoms with Crippen LogP contribution in [0.4, 0.5) is 4.79 Å². The normalized spacial score (nSPS) is 24.3. The predicted octanol–water partition coefficient (Wildman–Crippen LogP) is 3.11. The molecule has 28 heavy (non-hydrogen) atoms. The van der Waals surface area contributed by atoms with Crippen molar-refractivity contribution in [2.75, 3.05) is 26.2 Å². The molecule has 0 radical (unpaired) electrons. The van der Waals surface area contributed by atoms with E-state index in [0.717, 1.165) is 70.7 Å². The van der Waals surface area contributed by atoms with Crippen molar-refractivity contribution in [2.24, 2.45) is 10.9 Å². The number of nitrogens with zero attached hydrogens (tertiary/aromatic N) is 2. The van der Waals surface area contributed by atoms with Gasteiger partial charge in [-0.2, -0.15) is 0 Å². The number of aliphatic hydroxyl groups excluding tert-OH is 1. The van der Waals surface area contributed by atoms with E-state index in [1.165, 1.54) is 0 Å². The molecule has 1 heterocycles. The monoisotopic (exact) mass is 510 g/mol. The summed E-state index contributed by atoms with van der Waals surface area (Å²) < 4.78 is 5.46. The highest BCUT2D eigenvalue weighted by atomic mass is 127. The number of aliphatic imine (C=N–C) groups is 1. The second kappa shape index (κ2) is 12.0. The van der Waals surface area contributed by atoms with Crippen LogP contribution >= 0.6 is 24.0 Å². The largest absolute Gasteiger partial charge is 0.444 e. The molecular formula is C20H39IN4O3. The van der Waals surface area contributed by atoms with Gasteiger partial charge in [0.25, 0.3) is 0 Å². The van der Waals surface area contributed by atoms with Crippen LogP contribution in [0.15, 0.2) is 4.99 Å². The Hall–Kier alpha value is -0.770. The molecule has 2 rings (SSSR count). The van der Waals surface area contributed by atoms with Crippen LogP contribution < -0.4 is 10.6 Å². The van der Waals surface area contributed by atoms with E-state index in [-0.39, 0.29) is 36.2 Å². The smallest absolute Gasteiger partial charge is 0.410 e. The highest BCUT2D eigenvalue weighted by molar-refractivity contribution is 14.0. The van der Waals surface area contributed by atoms with Crippen molar-refractivity contribution in [3.63, 3.8) is 0 Å². The van der Waals surface area contributed by atoms with Crippen LogP contribution in [0.25, 0.3) is 0 Å². The van der Waals surface area contributed by atoms with Gasteiger partial charge in [0.1, 0.15) is 5.60 Å². The van der Waals surface area contributed by atoms with E-state index in [2.05, 4.69) is 17.6 Å². The number of piperidine rings is 1. The van der Waals surface area contributed by atoms with Gasteiger partial charge in [0.2, 0.25) is 0 Å². The fourth-order valence-electron chi connectivity index (χ4n) is 3.58. The lowest BCUT2D eigenvalue weighted by Crippen LogP contribution is -2.46. The number of likely N-dealkylation sites (tertiary alicyclic amines) is 1. The molecule has 0 atom stereocenters. The fraction of sp³-hybridized carbons (Fsp3) is 0.900. The number of carbonyl (C=O) groups excluding carboxylic acids is 1. The minimum Gasteiger partial charge on any atom is -0.444 e. The lowest BCUT2D eigenvalue weighted by atomic mass is 9.93. The van der Waals surface area contributed by atoms with Gasteiger partial charge < -0.3 is 25.4 Å². The van der Waals surface area contributed by atoms with Crippen molar-refractivity contribution >= 4 is 36.0 Å². The molecule has 0 aromatic heterocycles. The third-order valence-electron chi connectivity index (χ3n) is 5.16. The zero-order chi connectivity index (χ0) is 19.9. The van der Waals surface area contributed by atoms with Crippen LogP contribution in [0.1, 0.15) is 66.2 Å². The maximum absolute atomic E-state index is 12.2. The van der Waals surface area contributed by atoms with Crippen molar-refractivity contribution in [3.8, 4) is 0 Å². The Morgan fingerprint density at radius 2 is 1.75 bits per heavy atom. The first-order valence-electron chi connectivity index (χ1n) is 10.5. The molecule has 2 aliphatic rings. The number of ether oxygens (including phenoxy) is 1. The van der Waals surface area contributed by atoms with E-state index in [1.54, 1.807) is 0 Å². The Morgan fingerprint density at radius 3 is 2.29 bits per heavy atom. The zero-order valence-electron chi connectivity index (χ0n) is 17.9. The van der Waals surface area contributed by atoms with E-state index < -0.39 is 5.60 Å². The lowest BCUT2D eigenvalue weighted by molar-refractivity contribution is 0.0187. The number of aliphatic hydroxyl groups is 1. The highest BCUT2D eigenvalue weighted by Crippen LogP contribution is 2.20. The SMILES string of the molecule is CCNC(=NCC1CCN(C(=O)OC(C)(C)C)CC1)NC1CCC(O)CC1.I. The first-order valence-corrected chi connectivity index (χ1v) is 10.5. The highest BCUT2D eigenvalue weighted by Gasteiger charge is 2.27. The lowest BCUT2D eigenvalue weighted by Gasteiger charge is -2.33. The molecule has 2 fully saturated rings. The molecule has 7 nitrogen and oxygen atoms in total. The van der Waals surface area contributed by atoms with E-state index in [0.29, 0.717) is 12.0 Å². The van der Waals surface area contributed by atoms with Crippen molar-refractivity contribution < 1.29 is 14.6 Å². The zero-order valence-corrected chi connectivity index (χ0v) is 20.2. The number of amides is 1. The Balaban J connectivity index is 0.00000392. The minimum atomic E-state index is -0.445. The predicted molar refractivity (Wildman–Crippen MR) is 123 cm³/mol. The van der Waals surface area contributed by atoms with E-state index in [1.807, 2.05) is 25.7 Å². The molecule has 8 heteroatoms. The number of rotatable bonds is 4. The average molecular weight is 510 g/mol. The standard InChI is InChI=1S/C20H38N4O3.HI/c1-5-21-18(23-16-6-8-17(25)9-7-16)22-14-15-10-12-24(13-11-15)19(26)27-20(2,3)4;/h15-17,25H,5-14H2,1-4H3,(H2,21,22,23);1H. The number of hydrogen-bond acceptors (Lipinski definition) is 4. The van der Waals surface area contributed by atoms with E-state index in [9.17, 15) is 9.90 Å².